The molecule has 0 aliphatic carbocycles. The van der Waals surface area contributed by atoms with Gasteiger partial charge >= 0.3 is 0 Å². The second-order valence-corrected chi connectivity index (χ2v) is 8.11. The zero-order valence-electron chi connectivity index (χ0n) is 16.3. The molecule has 0 aliphatic heterocycles. The van der Waals surface area contributed by atoms with Crippen LogP contribution in [0.25, 0.3) is 10.9 Å². The fourth-order valence-electron chi connectivity index (χ4n) is 3.25. The minimum Gasteiger partial charge on any atom is -0.361 e. The Morgan fingerprint density at radius 1 is 1.11 bits per heavy atom. The lowest BCUT2D eigenvalue weighted by atomic mass is 9.93. The first-order valence-corrected chi connectivity index (χ1v) is 9.90. The average molecular weight is 383 g/mol. The lowest BCUT2D eigenvalue weighted by Gasteiger charge is -2.31. The van der Waals surface area contributed by atoms with Crippen molar-refractivity contribution in [3.63, 3.8) is 0 Å². The fourth-order valence-corrected chi connectivity index (χ4v) is 3.36. The predicted octanol–water partition coefficient (Wildman–Crippen LogP) is 5.31. The first kappa shape index (κ1) is 19.5. The van der Waals surface area contributed by atoms with Crippen LogP contribution in [0.1, 0.15) is 30.5 Å². The van der Waals surface area contributed by atoms with Crippen LogP contribution in [0.3, 0.4) is 0 Å². The van der Waals surface area contributed by atoms with E-state index >= 15 is 0 Å². The highest BCUT2D eigenvalue weighted by Crippen LogP contribution is 2.24. The lowest BCUT2D eigenvalue weighted by molar-refractivity contribution is -0.139. The van der Waals surface area contributed by atoms with E-state index in [-0.39, 0.29) is 5.91 Å². The van der Waals surface area contributed by atoms with Gasteiger partial charge in [-0.05, 0) is 44.4 Å². The number of fused-ring (bicyclic) bond motifs is 1. The number of hydrogen-bond acceptors (Lipinski definition) is 1. The first-order valence-electron chi connectivity index (χ1n) is 9.36. The molecule has 4 heteroatoms. The van der Waals surface area contributed by atoms with E-state index in [0.717, 1.165) is 17.5 Å². The number of carbonyl (C=O) groups excluding carboxylic acids is 1. The zero-order chi connectivity index (χ0) is 19.4. The summed E-state index contributed by atoms with van der Waals surface area (Å²) in [7, 11) is 0. The molecule has 27 heavy (non-hydrogen) atoms. The first-order chi connectivity index (χ1) is 12.9. The van der Waals surface area contributed by atoms with Gasteiger partial charge in [0.2, 0.25) is 5.91 Å². The Kier molecular flexibility index (Phi) is 5.91. The largest absolute Gasteiger partial charge is 0.361 e. The van der Waals surface area contributed by atoms with E-state index in [1.165, 1.54) is 16.5 Å². The van der Waals surface area contributed by atoms with Crippen LogP contribution in [0, 0.1) is 12.3 Å². The van der Waals surface area contributed by atoms with E-state index in [9.17, 15) is 4.79 Å². The van der Waals surface area contributed by atoms with Crippen LogP contribution in [0.15, 0.2) is 54.7 Å². The molecule has 3 aromatic rings. The number of alkyl halides is 1. The van der Waals surface area contributed by atoms with Crippen molar-refractivity contribution < 1.29 is 4.79 Å². The third-order valence-corrected chi connectivity index (χ3v) is 5.69. The third-order valence-electron chi connectivity index (χ3n) is 5.02. The Hall–Kier alpha value is -2.26. The number of nitrogens with zero attached hydrogens (tertiary/aromatic N) is 1. The molecule has 3 rings (SSSR count). The minimum absolute atomic E-state index is 0.0953. The summed E-state index contributed by atoms with van der Waals surface area (Å²) in [6, 6.07) is 16.6. The molecule has 0 bridgehead atoms. The quantitative estimate of drug-likeness (QED) is 0.552. The Morgan fingerprint density at radius 3 is 2.52 bits per heavy atom. The number of amides is 1. The number of aromatic nitrogens is 1. The van der Waals surface area contributed by atoms with Crippen molar-refractivity contribution in [3.05, 3.63) is 71.4 Å². The number of H-pyrrole nitrogens is 1. The van der Waals surface area contributed by atoms with Crippen LogP contribution in [0.5, 0.6) is 0 Å². The molecule has 142 valence electrons. The second kappa shape index (κ2) is 8.18. The predicted molar refractivity (Wildman–Crippen MR) is 113 cm³/mol. The molecule has 0 saturated heterocycles. The van der Waals surface area contributed by atoms with E-state index < -0.39 is 5.41 Å². The van der Waals surface area contributed by atoms with E-state index in [0.29, 0.717) is 19.0 Å². The van der Waals surface area contributed by atoms with Crippen molar-refractivity contribution in [2.24, 2.45) is 5.41 Å². The van der Waals surface area contributed by atoms with Gasteiger partial charge in [0, 0.05) is 36.1 Å². The van der Waals surface area contributed by atoms with Gasteiger partial charge in [0.05, 0.1) is 5.41 Å². The number of para-hydroxylation sites is 1. The van der Waals surface area contributed by atoms with Crippen LogP contribution >= 0.6 is 11.6 Å². The summed E-state index contributed by atoms with van der Waals surface area (Å²) in [6.45, 7) is 7.16. The number of carbonyl (C=O) groups is 1. The summed E-state index contributed by atoms with van der Waals surface area (Å²) in [5.74, 6) is 0.404. The average Bonchev–Trinajstić information content (AvgIpc) is 3.09. The maximum absolute atomic E-state index is 13.1. The number of halogens is 1. The highest BCUT2D eigenvalue weighted by Gasteiger charge is 2.31. The Balaban J connectivity index is 1.80. The molecule has 0 fully saturated rings. The molecule has 0 spiro atoms. The number of rotatable bonds is 7. The van der Waals surface area contributed by atoms with Crippen LogP contribution in [0.4, 0.5) is 0 Å². The maximum Gasteiger partial charge on any atom is 0.229 e. The smallest absolute Gasteiger partial charge is 0.229 e. The van der Waals surface area contributed by atoms with Gasteiger partial charge in [-0.15, -0.1) is 11.6 Å². The third kappa shape index (κ3) is 4.54. The topological polar surface area (TPSA) is 36.1 Å². The molecular formula is C23H27ClN2O. The summed E-state index contributed by atoms with van der Waals surface area (Å²) in [5, 5.41) is 1.22. The molecule has 1 aromatic heterocycles. The van der Waals surface area contributed by atoms with Gasteiger partial charge in [0.1, 0.15) is 0 Å². The standard InChI is InChI=1S/C23H27ClN2O/c1-17-8-10-18(11-9-17)15-26(22(27)23(2,3)16-24)13-12-19-14-25-21-7-5-4-6-20(19)21/h4-11,14,25H,12-13,15-16H2,1-3H3. The van der Waals surface area contributed by atoms with Gasteiger partial charge in [-0.25, -0.2) is 0 Å². The van der Waals surface area contributed by atoms with Gasteiger partial charge < -0.3 is 9.88 Å². The van der Waals surface area contributed by atoms with Crippen LogP contribution in [-0.2, 0) is 17.8 Å². The molecular weight excluding hydrogens is 356 g/mol. The van der Waals surface area contributed by atoms with E-state index in [4.69, 9.17) is 11.6 Å². The normalized spacial score (nSPS) is 11.7. The van der Waals surface area contributed by atoms with Gasteiger partial charge in [-0.2, -0.15) is 0 Å². The molecule has 0 radical (unpaired) electrons. The molecule has 1 heterocycles. The Morgan fingerprint density at radius 2 is 1.81 bits per heavy atom. The maximum atomic E-state index is 13.1. The fraction of sp³-hybridized carbons (Fsp3) is 0.348. The second-order valence-electron chi connectivity index (χ2n) is 7.84. The monoisotopic (exact) mass is 382 g/mol. The molecule has 0 saturated carbocycles. The van der Waals surface area contributed by atoms with Gasteiger partial charge in [0.25, 0.3) is 0 Å². The molecule has 1 amide bonds. The summed E-state index contributed by atoms with van der Waals surface area (Å²) in [4.78, 5) is 18.4. The van der Waals surface area contributed by atoms with Gasteiger partial charge in [-0.1, -0.05) is 48.0 Å². The highest BCUT2D eigenvalue weighted by atomic mass is 35.5. The SMILES string of the molecule is Cc1ccc(CN(CCc2c[nH]c3ccccc23)C(=O)C(C)(C)CCl)cc1. The number of aryl methyl sites for hydroxylation is 1. The highest BCUT2D eigenvalue weighted by molar-refractivity contribution is 6.19. The van der Waals surface area contributed by atoms with Crippen molar-refractivity contribution in [2.75, 3.05) is 12.4 Å². The van der Waals surface area contributed by atoms with E-state index in [1.807, 2.05) is 37.1 Å². The Labute approximate surface area is 166 Å². The van der Waals surface area contributed by atoms with Crippen molar-refractivity contribution in [2.45, 2.75) is 33.7 Å². The van der Waals surface area contributed by atoms with Gasteiger partial charge in [-0.3, -0.25) is 4.79 Å². The molecule has 1 N–H and O–H groups in total. The number of benzene rings is 2. The summed E-state index contributed by atoms with van der Waals surface area (Å²) in [6.07, 6.45) is 2.85. The summed E-state index contributed by atoms with van der Waals surface area (Å²) < 4.78 is 0. The lowest BCUT2D eigenvalue weighted by Crippen LogP contribution is -2.42. The summed E-state index contributed by atoms with van der Waals surface area (Å²) in [5.41, 5.74) is 4.14. The van der Waals surface area contributed by atoms with Crippen LogP contribution in [-0.4, -0.2) is 28.2 Å². The van der Waals surface area contributed by atoms with E-state index in [2.05, 4.69) is 48.3 Å². The molecule has 3 nitrogen and oxygen atoms in total. The number of hydrogen-bond donors (Lipinski definition) is 1. The number of nitrogens with one attached hydrogen (secondary N) is 1. The van der Waals surface area contributed by atoms with Crippen LogP contribution in [0.2, 0.25) is 0 Å². The van der Waals surface area contributed by atoms with Crippen molar-refractivity contribution in [3.8, 4) is 0 Å². The summed E-state index contributed by atoms with van der Waals surface area (Å²) >= 11 is 6.08. The number of aromatic amines is 1. The van der Waals surface area contributed by atoms with Crippen molar-refractivity contribution in [1.29, 1.82) is 0 Å². The Bertz CT molecular complexity index is 912. The van der Waals surface area contributed by atoms with Crippen molar-refractivity contribution >= 4 is 28.4 Å². The molecule has 0 unspecified atom stereocenters. The van der Waals surface area contributed by atoms with Crippen LogP contribution < -0.4 is 0 Å². The molecule has 2 aromatic carbocycles. The minimum atomic E-state index is -0.577. The van der Waals surface area contributed by atoms with Gasteiger partial charge in [0.15, 0.2) is 0 Å². The molecule has 0 aliphatic rings. The van der Waals surface area contributed by atoms with E-state index in [1.54, 1.807) is 0 Å². The molecule has 0 atom stereocenters. The zero-order valence-corrected chi connectivity index (χ0v) is 17.0. The van der Waals surface area contributed by atoms with Crippen molar-refractivity contribution in [1.82, 2.24) is 9.88 Å².